The Balaban J connectivity index is 2.08. The van der Waals surface area contributed by atoms with Gasteiger partial charge in [0.15, 0.2) is 0 Å². The molecule has 1 aliphatic rings. The van der Waals surface area contributed by atoms with E-state index in [0.717, 1.165) is 5.56 Å². The van der Waals surface area contributed by atoms with Gasteiger partial charge in [0.1, 0.15) is 0 Å². The van der Waals surface area contributed by atoms with E-state index in [1.807, 2.05) is 17.4 Å². The summed E-state index contributed by atoms with van der Waals surface area (Å²) in [4.78, 5) is 25.8. The largest absolute Gasteiger partial charge is 0.471 e. The number of rotatable bonds is 7. The van der Waals surface area contributed by atoms with Crippen molar-refractivity contribution in [2.24, 2.45) is 0 Å². The van der Waals surface area contributed by atoms with E-state index in [2.05, 4.69) is 4.90 Å². The monoisotopic (exact) mass is 417 g/mol. The van der Waals surface area contributed by atoms with E-state index < -0.39 is 24.2 Å². The average molecular weight is 417 g/mol. The molecule has 0 bridgehead atoms. The molecule has 1 aromatic rings. The van der Waals surface area contributed by atoms with Crippen molar-refractivity contribution in [1.82, 2.24) is 15.1 Å². The van der Waals surface area contributed by atoms with Crippen molar-refractivity contribution in [1.29, 1.82) is 0 Å². The summed E-state index contributed by atoms with van der Waals surface area (Å²) in [5.74, 6) is -1.97. The molecule has 0 aliphatic carbocycles. The third-order valence-electron chi connectivity index (χ3n) is 5.05. The summed E-state index contributed by atoms with van der Waals surface area (Å²) in [5, 5.41) is 11.0. The van der Waals surface area contributed by atoms with Crippen molar-refractivity contribution >= 4 is 12.0 Å². The minimum atomic E-state index is -4.92. The van der Waals surface area contributed by atoms with Crippen LogP contribution >= 0.6 is 0 Å². The topological polar surface area (TPSA) is 82.1 Å². The molecule has 0 saturated carbocycles. The molecule has 0 aromatic heterocycles. The summed E-state index contributed by atoms with van der Waals surface area (Å²) in [6.07, 6.45) is -5.15. The van der Waals surface area contributed by atoms with Crippen LogP contribution in [-0.2, 0) is 9.53 Å². The molecule has 2 rings (SSSR count). The van der Waals surface area contributed by atoms with Crippen molar-refractivity contribution in [2.75, 3.05) is 39.9 Å². The molecule has 0 radical (unpaired) electrons. The number of amides is 2. The molecule has 29 heavy (non-hydrogen) atoms. The van der Waals surface area contributed by atoms with Crippen LogP contribution in [-0.4, -0.2) is 73.0 Å². The van der Waals surface area contributed by atoms with Crippen molar-refractivity contribution in [3.05, 3.63) is 35.4 Å². The van der Waals surface area contributed by atoms with E-state index in [9.17, 15) is 22.8 Å². The van der Waals surface area contributed by atoms with Gasteiger partial charge in [-0.15, -0.1) is 0 Å². The summed E-state index contributed by atoms with van der Waals surface area (Å²) in [6, 6.07) is 6.27. The predicted octanol–water partition coefficient (Wildman–Crippen LogP) is 2.80. The van der Waals surface area contributed by atoms with E-state index >= 15 is 0 Å². The van der Waals surface area contributed by atoms with Crippen LogP contribution in [0.1, 0.15) is 36.6 Å². The van der Waals surface area contributed by atoms with Crippen LogP contribution in [0.2, 0.25) is 0 Å². The molecule has 10 heteroatoms. The van der Waals surface area contributed by atoms with E-state index in [0.29, 0.717) is 44.8 Å². The minimum Gasteiger partial charge on any atom is -0.465 e. The summed E-state index contributed by atoms with van der Waals surface area (Å²) >= 11 is 0. The quantitative estimate of drug-likeness (QED) is 0.713. The van der Waals surface area contributed by atoms with E-state index in [-0.39, 0.29) is 6.04 Å². The lowest BCUT2D eigenvalue weighted by Gasteiger charge is -2.38. The van der Waals surface area contributed by atoms with Gasteiger partial charge in [-0.2, -0.15) is 13.2 Å². The highest BCUT2D eigenvalue weighted by Gasteiger charge is 2.39. The van der Waals surface area contributed by atoms with Gasteiger partial charge in [0.05, 0.1) is 6.04 Å². The lowest BCUT2D eigenvalue weighted by Crippen LogP contribution is -2.49. The van der Waals surface area contributed by atoms with Crippen LogP contribution in [0.25, 0.3) is 0 Å². The van der Waals surface area contributed by atoms with E-state index in [4.69, 9.17) is 9.84 Å². The number of ether oxygens (including phenoxy) is 1. The zero-order valence-corrected chi connectivity index (χ0v) is 16.4. The first-order valence-electron chi connectivity index (χ1n) is 9.32. The van der Waals surface area contributed by atoms with Gasteiger partial charge in [-0.05, 0) is 24.5 Å². The highest BCUT2D eigenvalue weighted by atomic mass is 19.4. The third kappa shape index (κ3) is 6.33. The predicted molar refractivity (Wildman–Crippen MR) is 99.5 cm³/mol. The minimum absolute atomic E-state index is 0.0000160. The number of carbonyl (C=O) groups excluding carboxylic acids is 1. The molecule has 0 spiro atoms. The maximum absolute atomic E-state index is 12.4. The fourth-order valence-corrected chi connectivity index (χ4v) is 3.38. The molecular formula is C19H26F3N3O4. The molecule has 1 heterocycles. The van der Waals surface area contributed by atoms with Crippen molar-refractivity contribution in [3.63, 3.8) is 0 Å². The number of hydrogen-bond donors (Lipinski definition) is 2. The second-order valence-corrected chi connectivity index (χ2v) is 6.96. The molecule has 1 aliphatic heterocycles. The molecule has 2 N–H and O–H groups in total. The maximum atomic E-state index is 12.4. The molecule has 2 amide bonds. The van der Waals surface area contributed by atoms with Crippen LogP contribution in [0.15, 0.2) is 24.3 Å². The number of piperazine rings is 1. The van der Waals surface area contributed by atoms with Crippen LogP contribution in [0.4, 0.5) is 18.0 Å². The molecule has 2 atom stereocenters. The highest BCUT2D eigenvalue weighted by molar-refractivity contribution is 5.82. The van der Waals surface area contributed by atoms with Crippen LogP contribution in [0.5, 0.6) is 0 Å². The van der Waals surface area contributed by atoms with Crippen LogP contribution in [0.3, 0.4) is 0 Å². The van der Waals surface area contributed by atoms with E-state index in [1.165, 1.54) is 11.8 Å². The van der Waals surface area contributed by atoms with Gasteiger partial charge in [0.2, 0.25) is 0 Å². The molecule has 7 nitrogen and oxygen atoms in total. The fourth-order valence-electron chi connectivity index (χ4n) is 3.38. The Morgan fingerprint density at radius 2 is 1.69 bits per heavy atom. The number of alkyl halides is 3. The first-order chi connectivity index (χ1) is 13.6. The standard InChI is InChI=1S/C19H26F3N3O4/c1-13(23-17(26)19(20,21)22)14-3-5-15(6-4-14)16(7-12-29-2)24-8-10-25(11-9-24)18(27)28/h3-6,13,16H,7-12H2,1-2H3,(H,23,26)(H,27,28). The summed E-state index contributed by atoms with van der Waals surface area (Å²) < 4.78 is 42.5. The Kier molecular flexibility index (Phi) is 7.86. The molecular weight excluding hydrogens is 391 g/mol. The second-order valence-electron chi connectivity index (χ2n) is 6.96. The smallest absolute Gasteiger partial charge is 0.465 e. The van der Waals surface area contributed by atoms with Gasteiger partial charge in [0.25, 0.3) is 0 Å². The second kappa shape index (κ2) is 9.93. The van der Waals surface area contributed by atoms with Crippen molar-refractivity contribution in [2.45, 2.75) is 31.6 Å². The number of nitrogens with one attached hydrogen (secondary N) is 1. The molecule has 1 fully saturated rings. The van der Waals surface area contributed by atoms with Crippen molar-refractivity contribution in [3.8, 4) is 0 Å². The van der Waals surface area contributed by atoms with Gasteiger partial charge >= 0.3 is 18.2 Å². The number of nitrogens with zero attached hydrogens (tertiary/aromatic N) is 2. The summed E-state index contributed by atoms with van der Waals surface area (Å²) in [6.45, 7) is 4.01. The Labute approximate surface area is 167 Å². The number of carbonyl (C=O) groups is 2. The molecule has 1 aromatic carbocycles. The zero-order chi connectivity index (χ0) is 21.6. The summed E-state index contributed by atoms with van der Waals surface area (Å²) in [5.41, 5.74) is 1.52. The zero-order valence-electron chi connectivity index (χ0n) is 16.4. The fraction of sp³-hybridized carbons (Fsp3) is 0.579. The number of halogens is 3. The third-order valence-corrected chi connectivity index (χ3v) is 5.05. The number of carboxylic acid groups (broad SMARTS) is 1. The van der Waals surface area contributed by atoms with E-state index in [1.54, 1.807) is 19.2 Å². The normalized spacial score (nSPS) is 17.6. The Hall–Kier alpha value is -2.33. The number of methoxy groups -OCH3 is 1. The van der Waals surface area contributed by atoms with Gasteiger partial charge in [-0.1, -0.05) is 24.3 Å². The van der Waals surface area contributed by atoms with Gasteiger partial charge < -0.3 is 20.1 Å². The molecule has 1 saturated heterocycles. The summed E-state index contributed by atoms with van der Waals surface area (Å²) in [7, 11) is 1.60. The highest BCUT2D eigenvalue weighted by Crippen LogP contribution is 2.27. The van der Waals surface area contributed by atoms with Crippen molar-refractivity contribution < 1.29 is 32.6 Å². The van der Waals surface area contributed by atoms with Crippen LogP contribution in [0, 0.1) is 0 Å². The lowest BCUT2D eigenvalue weighted by atomic mass is 9.98. The van der Waals surface area contributed by atoms with Gasteiger partial charge in [-0.25, -0.2) is 4.79 Å². The molecule has 162 valence electrons. The first-order valence-corrected chi connectivity index (χ1v) is 9.32. The average Bonchev–Trinajstić information content (AvgIpc) is 2.68. The Bertz CT molecular complexity index is 689. The SMILES string of the molecule is COCCC(c1ccc(C(C)NC(=O)C(F)(F)F)cc1)N1CCN(C(=O)O)CC1. The maximum Gasteiger partial charge on any atom is 0.471 e. The first kappa shape index (κ1) is 23.0. The lowest BCUT2D eigenvalue weighted by molar-refractivity contribution is -0.174. The van der Waals surface area contributed by atoms with Gasteiger partial charge in [-0.3, -0.25) is 9.69 Å². The Morgan fingerprint density at radius 3 is 2.17 bits per heavy atom. The number of benzene rings is 1. The van der Waals surface area contributed by atoms with Gasteiger partial charge in [0, 0.05) is 45.9 Å². The molecule has 2 unspecified atom stereocenters. The van der Waals surface area contributed by atoms with Crippen LogP contribution < -0.4 is 5.32 Å². The number of hydrogen-bond acceptors (Lipinski definition) is 4. The Morgan fingerprint density at radius 1 is 1.14 bits per heavy atom.